The summed E-state index contributed by atoms with van der Waals surface area (Å²) in [5.74, 6) is 0.278. The second kappa shape index (κ2) is 12.5. The number of para-hydroxylation sites is 1. The van der Waals surface area contributed by atoms with Gasteiger partial charge in [-0.2, -0.15) is 0 Å². The maximum atomic E-state index is 12.9. The van der Waals surface area contributed by atoms with Crippen molar-refractivity contribution in [1.29, 1.82) is 0 Å². The van der Waals surface area contributed by atoms with E-state index >= 15 is 0 Å². The quantitative estimate of drug-likeness (QED) is 0.496. The summed E-state index contributed by atoms with van der Waals surface area (Å²) in [6.45, 7) is 3.50. The minimum absolute atomic E-state index is 0. The molecule has 0 bridgehead atoms. The van der Waals surface area contributed by atoms with Gasteiger partial charge in [0.15, 0.2) is 0 Å². The number of piperidine rings is 1. The molecule has 31 heavy (non-hydrogen) atoms. The molecule has 1 aromatic heterocycles. The summed E-state index contributed by atoms with van der Waals surface area (Å²) in [5, 5.41) is 15.0. The van der Waals surface area contributed by atoms with Gasteiger partial charge in [0, 0.05) is 19.1 Å². The Balaban J connectivity index is 0.00000171. The SMILES string of the molecule is Cl.Cl.O[C@@H](COc1ccc(F)cc1)CN1CCC(NCc2nc3ccccc3s2)CC1. The Morgan fingerprint density at radius 2 is 1.84 bits per heavy atom. The van der Waals surface area contributed by atoms with Crippen molar-refractivity contribution in [2.24, 2.45) is 0 Å². The topological polar surface area (TPSA) is 57.6 Å². The molecule has 1 atom stereocenters. The Kier molecular flexibility index (Phi) is 10.4. The first-order valence-electron chi connectivity index (χ1n) is 10.0. The van der Waals surface area contributed by atoms with E-state index in [9.17, 15) is 9.50 Å². The van der Waals surface area contributed by atoms with E-state index < -0.39 is 6.10 Å². The van der Waals surface area contributed by atoms with Gasteiger partial charge in [-0.15, -0.1) is 36.2 Å². The third-order valence-corrected chi connectivity index (χ3v) is 6.23. The first kappa shape index (κ1) is 25.8. The highest BCUT2D eigenvalue weighted by Crippen LogP contribution is 2.22. The number of nitrogens with one attached hydrogen (secondary N) is 1. The van der Waals surface area contributed by atoms with Gasteiger partial charge in [0.25, 0.3) is 0 Å². The molecule has 2 heterocycles. The zero-order valence-electron chi connectivity index (χ0n) is 17.1. The first-order chi connectivity index (χ1) is 14.2. The number of hydrogen-bond acceptors (Lipinski definition) is 6. The highest BCUT2D eigenvalue weighted by molar-refractivity contribution is 7.18. The van der Waals surface area contributed by atoms with E-state index in [2.05, 4.69) is 27.3 Å². The fraction of sp³-hybridized carbons (Fsp3) is 0.409. The van der Waals surface area contributed by atoms with E-state index in [0.29, 0.717) is 18.3 Å². The van der Waals surface area contributed by atoms with Gasteiger partial charge in [0.1, 0.15) is 29.3 Å². The molecule has 5 nitrogen and oxygen atoms in total. The van der Waals surface area contributed by atoms with E-state index in [1.54, 1.807) is 23.5 Å². The van der Waals surface area contributed by atoms with Gasteiger partial charge in [0.2, 0.25) is 0 Å². The van der Waals surface area contributed by atoms with Crippen LogP contribution in [0, 0.1) is 5.82 Å². The number of thiazole rings is 1. The van der Waals surface area contributed by atoms with E-state index in [1.807, 2.05) is 12.1 Å². The lowest BCUT2D eigenvalue weighted by atomic mass is 10.0. The number of β-amino-alcohol motifs (C(OH)–C–C–N with tert-alkyl or cyclic N) is 1. The summed E-state index contributed by atoms with van der Waals surface area (Å²) in [6.07, 6.45) is 1.54. The van der Waals surface area contributed by atoms with Crippen LogP contribution >= 0.6 is 36.2 Å². The van der Waals surface area contributed by atoms with Crippen LogP contribution in [0.15, 0.2) is 48.5 Å². The summed E-state index contributed by atoms with van der Waals surface area (Å²) in [7, 11) is 0. The van der Waals surface area contributed by atoms with Gasteiger partial charge in [-0.1, -0.05) is 12.1 Å². The van der Waals surface area contributed by atoms with Crippen molar-refractivity contribution >= 4 is 46.4 Å². The van der Waals surface area contributed by atoms with Crippen LogP contribution in [0.3, 0.4) is 0 Å². The van der Waals surface area contributed by atoms with Crippen LogP contribution in [0.2, 0.25) is 0 Å². The van der Waals surface area contributed by atoms with E-state index in [4.69, 9.17) is 4.74 Å². The number of aliphatic hydroxyl groups excluding tert-OH is 1. The Bertz CT molecular complexity index is 888. The molecule has 0 amide bonds. The van der Waals surface area contributed by atoms with Crippen LogP contribution in [0.5, 0.6) is 5.75 Å². The maximum Gasteiger partial charge on any atom is 0.123 e. The molecule has 3 aromatic rings. The molecule has 1 aliphatic rings. The molecule has 170 valence electrons. The van der Waals surface area contributed by atoms with Gasteiger partial charge in [0.05, 0.1) is 10.2 Å². The second-order valence-corrected chi connectivity index (χ2v) is 8.57. The number of aromatic nitrogens is 1. The largest absolute Gasteiger partial charge is 0.491 e. The average Bonchev–Trinajstić information content (AvgIpc) is 3.16. The van der Waals surface area contributed by atoms with E-state index in [-0.39, 0.29) is 37.2 Å². The fourth-order valence-corrected chi connectivity index (χ4v) is 4.54. The van der Waals surface area contributed by atoms with Crippen LogP contribution in [0.4, 0.5) is 4.39 Å². The lowest BCUT2D eigenvalue weighted by Crippen LogP contribution is -2.45. The number of aliphatic hydroxyl groups is 1. The third kappa shape index (κ3) is 7.56. The van der Waals surface area contributed by atoms with Crippen LogP contribution in [0.1, 0.15) is 17.8 Å². The lowest BCUT2D eigenvalue weighted by molar-refractivity contribution is 0.0578. The van der Waals surface area contributed by atoms with Crippen LogP contribution in [-0.4, -0.2) is 53.4 Å². The first-order valence-corrected chi connectivity index (χ1v) is 10.8. The molecule has 2 aromatic carbocycles. The van der Waals surface area contributed by atoms with Crippen molar-refractivity contribution in [2.45, 2.75) is 31.5 Å². The number of nitrogens with zero attached hydrogens (tertiary/aromatic N) is 2. The normalized spacial score (nSPS) is 15.8. The molecule has 9 heteroatoms. The number of fused-ring (bicyclic) bond motifs is 1. The molecule has 1 saturated heterocycles. The van der Waals surface area contributed by atoms with E-state index in [1.165, 1.54) is 16.8 Å². The molecule has 0 spiro atoms. The van der Waals surface area contributed by atoms with Crippen molar-refractivity contribution in [3.63, 3.8) is 0 Å². The monoisotopic (exact) mass is 487 g/mol. The molecule has 0 radical (unpaired) electrons. The van der Waals surface area contributed by atoms with Crippen molar-refractivity contribution in [3.8, 4) is 5.75 Å². The number of benzene rings is 2. The van der Waals surface area contributed by atoms with Gasteiger partial charge in [-0.3, -0.25) is 0 Å². The third-order valence-electron chi connectivity index (χ3n) is 5.19. The Labute approximate surface area is 198 Å². The van der Waals surface area contributed by atoms with Crippen LogP contribution < -0.4 is 10.1 Å². The van der Waals surface area contributed by atoms with Gasteiger partial charge in [-0.05, 0) is 62.3 Å². The summed E-state index contributed by atoms with van der Waals surface area (Å²) in [4.78, 5) is 6.95. The van der Waals surface area contributed by atoms with Crippen molar-refractivity contribution in [1.82, 2.24) is 15.2 Å². The molecular formula is C22H28Cl2FN3O2S. The molecule has 2 N–H and O–H groups in total. The molecule has 0 aliphatic carbocycles. The zero-order chi connectivity index (χ0) is 20.1. The predicted octanol–water partition coefficient (Wildman–Crippen LogP) is 4.27. The lowest BCUT2D eigenvalue weighted by Gasteiger charge is -2.33. The smallest absolute Gasteiger partial charge is 0.123 e. The highest BCUT2D eigenvalue weighted by atomic mass is 35.5. The molecule has 0 unspecified atom stereocenters. The van der Waals surface area contributed by atoms with Gasteiger partial charge >= 0.3 is 0 Å². The Hall–Kier alpha value is -1.48. The summed E-state index contributed by atoms with van der Waals surface area (Å²) in [6, 6.07) is 14.6. The Morgan fingerprint density at radius 3 is 2.55 bits per heavy atom. The Morgan fingerprint density at radius 1 is 1.13 bits per heavy atom. The van der Waals surface area contributed by atoms with Crippen molar-refractivity contribution in [3.05, 3.63) is 59.4 Å². The summed E-state index contributed by atoms with van der Waals surface area (Å²) < 4.78 is 19.7. The van der Waals surface area contributed by atoms with Crippen LogP contribution in [0.25, 0.3) is 10.2 Å². The molecule has 1 aliphatic heterocycles. The average molecular weight is 488 g/mol. The minimum Gasteiger partial charge on any atom is -0.491 e. The maximum absolute atomic E-state index is 12.9. The molecule has 1 fully saturated rings. The predicted molar refractivity (Wildman–Crippen MR) is 128 cm³/mol. The molecule has 0 saturated carbocycles. The zero-order valence-corrected chi connectivity index (χ0v) is 19.5. The number of hydrogen-bond donors (Lipinski definition) is 2. The van der Waals surface area contributed by atoms with Crippen molar-refractivity contribution in [2.75, 3.05) is 26.2 Å². The number of likely N-dealkylation sites (tertiary alicyclic amines) is 1. The standard InChI is InChI=1S/C22H26FN3O2S.2ClH/c23-16-5-7-19(8-6-16)28-15-18(27)14-26-11-9-17(10-12-26)24-13-22-25-20-3-1-2-4-21(20)29-22;;/h1-8,17-18,24,27H,9-15H2;2*1H/t18-;;/m1../s1. The molecular weight excluding hydrogens is 460 g/mol. The highest BCUT2D eigenvalue weighted by Gasteiger charge is 2.21. The number of rotatable bonds is 8. The van der Waals surface area contributed by atoms with Crippen LogP contribution in [-0.2, 0) is 6.54 Å². The number of ether oxygens (including phenoxy) is 1. The summed E-state index contributed by atoms with van der Waals surface area (Å²) >= 11 is 1.75. The molecule has 4 rings (SSSR count). The second-order valence-electron chi connectivity index (χ2n) is 7.45. The fourth-order valence-electron chi connectivity index (χ4n) is 3.62. The summed E-state index contributed by atoms with van der Waals surface area (Å²) in [5.41, 5.74) is 1.07. The minimum atomic E-state index is -0.563. The van der Waals surface area contributed by atoms with Gasteiger partial charge < -0.3 is 20.1 Å². The van der Waals surface area contributed by atoms with Crippen molar-refractivity contribution < 1.29 is 14.2 Å². The van der Waals surface area contributed by atoms with Gasteiger partial charge in [-0.25, -0.2) is 9.37 Å². The van der Waals surface area contributed by atoms with E-state index in [0.717, 1.165) is 43.0 Å². The number of halogens is 3.